The molecule has 0 saturated heterocycles. The molecule has 1 atom stereocenters. The number of rotatable bonds is 7. The van der Waals surface area contributed by atoms with Gasteiger partial charge in [0.1, 0.15) is 11.4 Å². The number of ether oxygens (including phenoxy) is 1. The van der Waals surface area contributed by atoms with Gasteiger partial charge in [0.2, 0.25) is 0 Å². The maximum atomic E-state index is 12.4. The van der Waals surface area contributed by atoms with E-state index in [0.717, 1.165) is 0 Å². The van der Waals surface area contributed by atoms with Crippen molar-refractivity contribution < 1.29 is 18.7 Å². The molecule has 0 aliphatic rings. The molecule has 0 aliphatic carbocycles. The molecule has 29 heavy (non-hydrogen) atoms. The van der Waals surface area contributed by atoms with Crippen molar-refractivity contribution in [2.24, 2.45) is 5.92 Å². The van der Waals surface area contributed by atoms with E-state index in [9.17, 15) is 14.4 Å². The fourth-order valence-electron chi connectivity index (χ4n) is 2.55. The first-order valence-corrected chi connectivity index (χ1v) is 9.57. The van der Waals surface area contributed by atoms with Crippen molar-refractivity contribution in [2.45, 2.75) is 52.8 Å². The Labute approximate surface area is 170 Å². The van der Waals surface area contributed by atoms with E-state index in [1.165, 1.54) is 10.6 Å². The van der Waals surface area contributed by atoms with E-state index >= 15 is 0 Å². The summed E-state index contributed by atoms with van der Waals surface area (Å²) in [4.78, 5) is 36.2. The molecule has 8 heteroatoms. The van der Waals surface area contributed by atoms with Gasteiger partial charge in [0.15, 0.2) is 5.76 Å². The van der Waals surface area contributed by atoms with E-state index in [1.54, 1.807) is 51.2 Å². The molecular formula is C21H29N3O5. The molecule has 2 rings (SSSR count). The van der Waals surface area contributed by atoms with Crippen LogP contribution in [0.5, 0.6) is 0 Å². The second kappa shape index (κ2) is 9.45. The van der Waals surface area contributed by atoms with Crippen LogP contribution in [0.3, 0.4) is 0 Å². The highest BCUT2D eigenvalue weighted by atomic mass is 16.6. The second-order valence-corrected chi connectivity index (χ2v) is 8.14. The highest BCUT2D eigenvalue weighted by molar-refractivity contribution is 5.91. The zero-order valence-electron chi connectivity index (χ0n) is 17.5. The van der Waals surface area contributed by atoms with Crippen molar-refractivity contribution in [2.75, 3.05) is 6.54 Å². The number of amides is 2. The number of aromatic nitrogens is 1. The Kier molecular flexibility index (Phi) is 7.25. The summed E-state index contributed by atoms with van der Waals surface area (Å²) in [5, 5.41) is 5.55. The molecular weight excluding hydrogens is 374 g/mol. The summed E-state index contributed by atoms with van der Waals surface area (Å²) < 4.78 is 12.3. The number of carbonyl (C=O) groups excluding carboxylic acids is 2. The Morgan fingerprint density at radius 2 is 1.90 bits per heavy atom. The van der Waals surface area contributed by atoms with Crippen LogP contribution in [0.2, 0.25) is 0 Å². The predicted molar refractivity (Wildman–Crippen MR) is 109 cm³/mol. The Hall–Kier alpha value is -3.03. The van der Waals surface area contributed by atoms with Crippen LogP contribution in [0.4, 0.5) is 4.79 Å². The lowest BCUT2D eigenvalue weighted by molar-refractivity contribution is 0.0487. The first-order valence-electron chi connectivity index (χ1n) is 9.57. The van der Waals surface area contributed by atoms with Gasteiger partial charge in [-0.25, -0.2) is 4.79 Å². The van der Waals surface area contributed by atoms with Crippen LogP contribution in [0.1, 0.15) is 50.9 Å². The van der Waals surface area contributed by atoms with Crippen LogP contribution in [0, 0.1) is 5.92 Å². The van der Waals surface area contributed by atoms with E-state index in [1.807, 2.05) is 13.8 Å². The monoisotopic (exact) mass is 403 g/mol. The summed E-state index contributed by atoms with van der Waals surface area (Å²) in [5.41, 5.74) is -0.747. The van der Waals surface area contributed by atoms with Crippen LogP contribution >= 0.6 is 0 Å². The van der Waals surface area contributed by atoms with Crippen molar-refractivity contribution >= 4 is 12.0 Å². The minimum atomic E-state index is -0.597. The molecule has 0 fully saturated rings. The van der Waals surface area contributed by atoms with Crippen molar-refractivity contribution in [3.8, 4) is 0 Å². The summed E-state index contributed by atoms with van der Waals surface area (Å²) in [6.07, 6.45) is 1.12. The van der Waals surface area contributed by atoms with Gasteiger partial charge in [-0.05, 0) is 44.9 Å². The van der Waals surface area contributed by atoms with Gasteiger partial charge < -0.3 is 24.4 Å². The molecule has 2 aromatic rings. The van der Waals surface area contributed by atoms with Crippen LogP contribution in [0.15, 0.2) is 45.7 Å². The number of hydrogen-bond donors (Lipinski definition) is 2. The van der Waals surface area contributed by atoms with E-state index in [0.29, 0.717) is 5.76 Å². The van der Waals surface area contributed by atoms with Gasteiger partial charge >= 0.3 is 6.09 Å². The number of nitrogens with one attached hydrogen (secondary N) is 2. The summed E-state index contributed by atoms with van der Waals surface area (Å²) >= 11 is 0. The van der Waals surface area contributed by atoms with Crippen molar-refractivity contribution in [3.05, 3.63) is 58.4 Å². The SMILES string of the molecule is CC(C)C(CNC(=O)c1ccc(Cn2ccccc2=O)o1)NC(=O)OC(C)(C)C. The second-order valence-electron chi connectivity index (χ2n) is 8.14. The topological polar surface area (TPSA) is 103 Å². The molecule has 8 nitrogen and oxygen atoms in total. The predicted octanol–water partition coefficient (Wildman–Crippen LogP) is 2.77. The third kappa shape index (κ3) is 7.14. The lowest BCUT2D eigenvalue weighted by Gasteiger charge is -2.25. The lowest BCUT2D eigenvalue weighted by atomic mass is 10.0. The van der Waals surface area contributed by atoms with Gasteiger partial charge in [0.05, 0.1) is 12.6 Å². The number of nitrogens with zero attached hydrogens (tertiary/aromatic N) is 1. The van der Waals surface area contributed by atoms with Crippen LogP contribution in [0.25, 0.3) is 0 Å². The van der Waals surface area contributed by atoms with Crippen molar-refractivity contribution in [3.63, 3.8) is 0 Å². The van der Waals surface area contributed by atoms with Crippen molar-refractivity contribution in [1.82, 2.24) is 15.2 Å². The average molecular weight is 403 g/mol. The van der Waals surface area contributed by atoms with Crippen LogP contribution in [-0.4, -0.2) is 34.8 Å². The first kappa shape index (κ1) is 22.3. The minimum absolute atomic E-state index is 0.0833. The molecule has 0 aliphatic heterocycles. The molecule has 158 valence electrons. The van der Waals surface area contributed by atoms with Crippen LogP contribution < -0.4 is 16.2 Å². The van der Waals surface area contributed by atoms with Gasteiger partial charge in [-0.15, -0.1) is 0 Å². The van der Waals surface area contributed by atoms with Gasteiger partial charge in [-0.1, -0.05) is 19.9 Å². The lowest BCUT2D eigenvalue weighted by Crippen LogP contribution is -2.48. The molecule has 1 unspecified atom stereocenters. The first-order chi connectivity index (χ1) is 13.5. The largest absolute Gasteiger partial charge is 0.454 e. The Morgan fingerprint density at radius 1 is 1.17 bits per heavy atom. The Balaban J connectivity index is 1.93. The average Bonchev–Trinajstić information content (AvgIpc) is 3.07. The van der Waals surface area contributed by atoms with E-state index in [2.05, 4.69) is 10.6 Å². The zero-order valence-corrected chi connectivity index (χ0v) is 17.5. The normalized spacial score (nSPS) is 12.5. The Bertz CT molecular complexity index is 892. The molecule has 0 aromatic carbocycles. The van der Waals surface area contributed by atoms with E-state index in [4.69, 9.17) is 9.15 Å². The molecule has 2 amide bonds. The summed E-state index contributed by atoms with van der Waals surface area (Å²) in [6.45, 7) is 9.71. The Morgan fingerprint density at radius 3 is 2.52 bits per heavy atom. The third-order valence-electron chi connectivity index (χ3n) is 4.10. The molecule has 0 radical (unpaired) electrons. The smallest absolute Gasteiger partial charge is 0.407 e. The van der Waals surface area contributed by atoms with Crippen LogP contribution in [-0.2, 0) is 11.3 Å². The molecule has 2 aromatic heterocycles. The number of alkyl carbamates (subject to hydrolysis) is 1. The van der Waals surface area contributed by atoms with E-state index in [-0.39, 0.29) is 36.4 Å². The standard InChI is InChI=1S/C21H29N3O5/c1-14(2)16(23-20(27)29-21(3,4)5)12-22-19(26)17-10-9-15(28-17)13-24-11-7-6-8-18(24)25/h6-11,14,16H,12-13H2,1-5H3,(H,22,26)(H,23,27). The third-order valence-corrected chi connectivity index (χ3v) is 4.10. The highest BCUT2D eigenvalue weighted by Gasteiger charge is 2.22. The minimum Gasteiger partial charge on any atom is -0.454 e. The quantitative estimate of drug-likeness (QED) is 0.740. The van der Waals surface area contributed by atoms with E-state index < -0.39 is 17.6 Å². The molecule has 0 spiro atoms. The summed E-state index contributed by atoms with van der Waals surface area (Å²) in [5.74, 6) is 0.327. The van der Waals surface area contributed by atoms with Gasteiger partial charge in [0, 0.05) is 18.8 Å². The molecule has 2 N–H and O–H groups in total. The maximum Gasteiger partial charge on any atom is 0.407 e. The fraction of sp³-hybridized carbons (Fsp3) is 0.476. The van der Waals surface area contributed by atoms with Gasteiger partial charge in [-0.3, -0.25) is 9.59 Å². The zero-order chi connectivity index (χ0) is 21.6. The number of hydrogen-bond acceptors (Lipinski definition) is 5. The summed E-state index contributed by atoms with van der Waals surface area (Å²) in [6, 6.07) is 7.79. The number of pyridine rings is 1. The molecule has 0 saturated carbocycles. The molecule has 0 bridgehead atoms. The summed E-state index contributed by atoms with van der Waals surface area (Å²) in [7, 11) is 0. The fourth-order valence-corrected chi connectivity index (χ4v) is 2.55. The van der Waals surface area contributed by atoms with Gasteiger partial charge in [-0.2, -0.15) is 0 Å². The number of furan rings is 1. The number of carbonyl (C=O) groups is 2. The van der Waals surface area contributed by atoms with Gasteiger partial charge in [0.25, 0.3) is 11.5 Å². The maximum absolute atomic E-state index is 12.4. The molecule has 2 heterocycles. The van der Waals surface area contributed by atoms with Crippen molar-refractivity contribution in [1.29, 1.82) is 0 Å². The highest BCUT2D eigenvalue weighted by Crippen LogP contribution is 2.11.